The van der Waals surface area contributed by atoms with Gasteiger partial charge in [-0.3, -0.25) is 9.59 Å². The predicted octanol–water partition coefficient (Wildman–Crippen LogP) is 3.58. The standard InChI is InChI=1S/C23H29N3O2/c1-14(23-11-15-8-16(12-23)10-17(9-15)13-23)24-21(27)7-6-20-25-19-5-3-2-4-18(19)22(28)26-20/h2-5,14-17H,6-13H2,1H3,(H,24,27)(H,25,26,28). The Morgan fingerprint density at radius 1 is 1.18 bits per heavy atom. The van der Waals surface area contributed by atoms with Crippen LogP contribution in [0, 0.1) is 23.2 Å². The Morgan fingerprint density at radius 2 is 1.82 bits per heavy atom. The molecule has 2 aromatic rings. The molecule has 4 fully saturated rings. The van der Waals surface area contributed by atoms with Crippen LogP contribution in [0.25, 0.3) is 10.9 Å². The van der Waals surface area contributed by atoms with E-state index in [0.717, 1.165) is 17.8 Å². The van der Waals surface area contributed by atoms with Crippen LogP contribution in [0.2, 0.25) is 0 Å². The Morgan fingerprint density at radius 3 is 2.50 bits per heavy atom. The third-order valence-corrected chi connectivity index (χ3v) is 7.63. The lowest BCUT2D eigenvalue weighted by atomic mass is 9.48. The lowest BCUT2D eigenvalue weighted by molar-refractivity contribution is -0.125. The van der Waals surface area contributed by atoms with Gasteiger partial charge in [0.05, 0.1) is 10.9 Å². The first-order valence-corrected chi connectivity index (χ1v) is 10.8. The third kappa shape index (κ3) is 3.15. The number of nitrogens with zero attached hydrogens (tertiary/aromatic N) is 1. The number of para-hydroxylation sites is 1. The highest BCUT2D eigenvalue weighted by Gasteiger charge is 2.53. The van der Waals surface area contributed by atoms with Gasteiger partial charge in [0.15, 0.2) is 0 Å². The quantitative estimate of drug-likeness (QED) is 0.834. The summed E-state index contributed by atoms with van der Waals surface area (Å²) < 4.78 is 0. The number of hydrogen-bond donors (Lipinski definition) is 2. The van der Waals surface area contributed by atoms with E-state index in [0.29, 0.717) is 35.0 Å². The smallest absolute Gasteiger partial charge is 0.258 e. The van der Waals surface area contributed by atoms with Crippen molar-refractivity contribution in [2.75, 3.05) is 0 Å². The average Bonchev–Trinajstić information content (AvgIpc) is 2.65. The van der Waals surface area contributed by atoms with Crippen LogP contribution in [-0.4, -0.2) is 21.9 Å². The highest BCUT2D eigenvalue weighted by Crippen LogP contribution is 2.61. The van der Waals surface area contributed by atoms with E-state index in [4.69, 9.17) is 0 Å². The van der Waals surface area contributed by atoms with Crippen molar-refractivity contribution in [1.82, 2.24) is 15.3 Å². The fourth-order valence-electron chi connectivity index (χ4n) is 6.66. The molecule has 4 aliphatic rings. The summed E-state index contributed by atoms with van der Waals surface area (Å²) in [4.78, 5) is 32.1. The monoisotopic (exact) mass is 379 g/mol. The second kappa shape index (κ2) is 6.71. The second-order valence-corrected chi connectivity index (χ2v) is 9.60. The Kier molecular flexibility index (Phi) is 4.29. The van der Waals surface area contributed by atoms with Crippen LogP contribution in [-0.2, 0) is 11.2 Å². The largest absolute Gasteiger partial charge is 0.353 e. The molecular weight excluding hydrogens is 350 g/mol. The molecule has 1 atom stereocenters. The average molecular weight is 380 g/mol. The van der Waals surface area contributed by atoms with E-state index in [2.05, 4.69) is 22.2 Å². The van der Waals surface area contributed by atoms with Gasteiger partial charge < -0.3 is 10.3 Å². The van der Waals surface area contributed by atoms with Gasteiger partial charge in [-0.25, -0.2) is 4.98 Å². The molecule has 6 rings (SSSR count). The number of benzene rings is 1. The molecule has 1 aromatic carbocycles. The van der Waals surface area contributed by atoms with E-state index >= 15 is 0 Å². The van der Waals surface area contributed by atoms with Crippen LogP contribution in [0.15, 0.2) is 29.1 Å². The van der Waals surface area contributed by atoms with Gasteiger partial charge in [0.1, 0.15) is 5.82 Å². The summed E-state index contributed by atoms with van der Waals surface area (Å²) in [5, 5.41) is 3.89. The third-order valence-electron chi connectivity index (χ3n) is 7.63. The first kappa shape index (κ1) is 17.9. The van der Waals surface area contributed by atoms with E-state index in [1.54, 1.807) is 6.07 Å². The summed E-state index contributed by atoms with van der Waals surface area (Å²) in [6.45, 7) is 2.21. The Balaban J connectivity index is 1.23. The molecule has 1 aromatic heterocycles. The minimum absolute atomic E-state index is 0.0686. The minimum atomic E-state index is -0.136. The van der Waals surface area contributed by atoms with Gasteiger partial charge >= 0.3 is 0 Å². The minimum Gasteiger partial charge on any atom is -0.353 e. The molecule has 2 N–H and O–H groups in total. The molecule has 4 saturated carbocycles. The van der Waals surface area contributed by atoms with Crippen LogP contribution in [0.4, 0.5) is 0 Å². The number of carbonyl (C=O) groups excluding carboxylic acids is 1. The summed E-state index contributed by atoms with van der Waals surface area (Å²) in [6.07, 6.45) is 8.94. The summed E-state index contributed by atoms with van der Waals surface area (Å²) >= 11 is 0. The lowest BCUT2D eigenvalue weighted by Gasteiger charge is -2.59. The highest BCUT2D eigenvalue weighted by molar-refractivity contribution is 5.78. The van der Waals surface area contributed by atoms with Gasteiger partial charge in [-0.1, -0.05) is 12.1 Å². The summed E-state index contributed by atoms with van der Waals surface area (Å²) in [5.41, 5.74) is 0.867. The highest BCUT2D eigenvalue weighted by atomic mass is 16.1. The van der Waals surface area contributed by atoms with Gasteiger partial charge in [0.25, 0.3) is 5.56 Å². The number of aromatic amines is 1. The first-order chi connectivity index (χ1) is 13.5. The molecule has 0 saturated heterocycles. The van der Waals surface area contributed by atoms with Gasteiger partial charge in [-0.15, -0.1) is 0 Å². The van der Waals surface area contributed by atoms with Crippen molar-refractivity contribution in [1.29, 1.82) is 0 Å². The molecular formula is C23H29N3O2. The molecule has 5 heteroatoms. The van der Waals surface area contributed by atoms with Gasteiger partial charge in [-0.2, -0.15) is 0 Å². The van der Waals surface area contributed by atoms with Crippen LogP contribution in [0.3, 0.4) is 0 Å². The Hall–Kier alpha value is -2.17. The fourth-order valence-corrected chi connectivity index (χ4v) is 6.66. The summed E-state index contributed by atoms with van der Waals surface area (Å²) in [5.74, 6) is 3.31. The van der Waals surface area contributed by atoms with Gasteiger partial charge in [-0.05, 0) is 80.8 Å². The zero-order valence-corrected chi connectivity index (χ0v) is 16.5. The van der Waals surface area contributed by atoms with Crippen molar-refractivity contribution in [3.63, 3.8) is 0 Å². The number of fused-ring (bicyclic) bond motifs is 1. The molecule has 0 spiro atoms. The maximum Gasteiger partial charge on any atom is 0.258 e. The molecule has 28 heavy (non-hydrogen) atoms. The van der Waals surface area contributed by atoms with Crippen molar-refractivity contribution < 1.29 is 4.79 Å². The van der Waals surface area contributed by atoms with E-state index in [1.165, 1.54) is 38.5 Å². The molecule has 4 bridgehead atoms. The number of hydrogen-bond acceptors (Lipinski definition) is 3. The Bertz CT molecular complexity index is 928. The molecule has 148 valence electrons. The Labute approximate surface area is 165 Å². The number of amides is 1. The van der Waals surface area contributed by atoms with Crippen molar-refractivity contribution in [3.05, 3.63) is 40.4 Å². The van der Waals surface area contributed by atoms with Crippen LogP contribution >= 0.6 is 0 Å². The fraction of sp³-hybridized carbons (Fsp3) is 0.609. The van der Waals surface area contributed by atoms with Crippen LogP contribution in [0.1, 0.15) is 57.7 Å². The number of rotatable bonds is 5. The van der Waals surface area contributed by atoms with Crippen molar-refractivity contribution in [2.45, 2.75) is 64.3 Å². The summed E-state index contributed by atoms with van der Waals surface area (Å²) in [7, 11) is 0. The number of aryl methyl sites for hydroxylation is 1. The van der Waals surface area contributed by atoms with E-state index in [-0.39, 0.29) is 17.5 Å². The molecule has 0 aliphatic heterocycles. The maximum atomic E-state index is 12.6. The molecule has 1 heterocycles. The normalized spacial score (nSPS) is 31.8. The lowest BCUT2D eigenvalue weighted by Crippen LogP contribution is -2.55. The molecule has 4 aliphatic carbocycles. The molecule has 0 radical (unpaired) electrons. The summed E-state index contributed by atoms with van der Waals surface area (Å²) in [6, 6.07) is 7.54. The number of carbonyl (C=O) groups is 1. The number of H-pyrrole nitrogens is 1. The van der Waals surface area contributed by atoms with Crippen LogP contribution < -0.4 is 10.9 Å². The molecule has 1 unspecified atom stereocenters. The van der Waals surface area contributed by atoms with E-state index < -0.39 is 0 Å². The SMILES string of the molecule is CC(NC(=O)CCc1nc2ccccc2c(=O)[nH]1)C12CC3CC(CC(C3)C1)C2. The van der Waals surface area contributed by atoms with E-state index in [1.807, 2.05) is 18.2 Å². The van der Waals surface area contributed by atoms with Crippen LogP contribution in [0.5, 0.6) is 0 Å². The molecule has 5 nitrogen and oxygen atoms in total. The second-order valence-electron chi connectivity index (χ2n) is 9.60. The first-order valence-electron chi connectivity index (χ1n) is 10.8. The zero-order valence-electron chi connectivity index (χ0n) is 16.5. The number of nitrogens with one attached hydrogen (secondary N) is 2. The van der Waals surface area contributed by atoms with Crippen molar-refractivity contribution in [2.24, 2.45) is 23.2 Å². The van der Waals surface area contributed by atoms with E-state index in [9.17, 15) is 9.59 Å². The van der Waals surface area contributed by atoms with Gasteiger partial charge in [0.2, 0.25) is 5.91 Å². The predicted molar refractivity (Wildman–Crippen MR) is 109 cm³/mol. The maximum absolute atomic E-state index is 12.6. The molecule has 1 amide bonds. The topological polar surface area (TPSA) is 74.8 Å². The van der Waals surface area contributed by atoms with Crippen molar-refractivity contribution in [3.8, 4) is 0 Å². The van der Waals surface area contributed by atoms with Gasteiger partial charge in [0, 0.05) is 18.9 Å². The number of aromatic nitrogens is 2. The van der Waals surface area contributed by atoms with Crippen molar-refractivity contribution >= 4 is 16.8 Å². The zero-order chi connectivity index (χ0) is 19.3.